The number of nitrogens with zero attached hydrogens (tertiary/aromatic N) is 1. The van der Waals surface area contributed by atoms with Crippen molar-refractivity contribution in [2.45, 2.75) is 32.7 Å². The van der Waals surface area contributed by atoms with Crippen molar-refractivity contribution in [1.82, 2.24) is 10.3 Å². The van der Waals surface area contributed by atoms with Crippen molar-refractivity contribution in [3.05, 3.63) is 46.3 Å². The first kappa shape index (κ1) is 15.5. The molecular weight excluding hydrogens is 282 g/mol. The van der Waals surface area contributed by atoms with E-state index in [1.807, 2.05) is 18.4 Å². The maximum Gasteiger partial charge on any atom is 0.251 e. The maximum atomic E-state index is 12.4. The monoisotopic (exact) mass is 303 g/mol. The van der Waals surface area contributed by atoms with Crippen molar-refractivity contribution >= 4 is 23.1 Å². The lowest BCUT2D eigenvalue weighted by Gasteiger charge is -2.17. The number of carbonyl (C=O) groups excluding carboxylic acids is 1. The van der Waals surface area contributed by atoms with Crippen LogP contribution >= 0.6 is 11.3 Å². The molecule has 0 spiro atoms. The lowest BCUT2D eigenvalue weighted by molar-refractivity contribution is 0.0935. The third-order valence-corrected chi connectivity index (χ3v) is 4.14. The fourth-order valence-corrected chi connectivity index (χ4v) is 2.97. The predicted molar refractivity (Wildman–Crippen MR) is 87.8 cm³/mol. The van der Waals surface area contributed by atoms with Gasteiger partial charge in [-0.05, 0) is 36.9 Å². The van der Waals surface area contributed by atoms with Gasteiger partial charge in [0.05, 0.1) is 6.04 Å². The minimum atomic E-state index is -0.0524. The molecule has 4 nitrogen and oxygen atoms in total. The Hall–Kier alpha value is -1.88. The Morgan fingerprint density at radius 2 is 2.24 bits per heavy atom. The summed E-state index contributed by atoms with van der Waals surface area (Å²) in [6.07, 6.45) is 3.63. The Bertz CT molecular complexity index is 569. The molecule has 1 unspecified atom stereocenters. The van der Waals surface area contributed by atoms with E-state index >= 15 is 0 Å². The number of rotatable bonds is 7. The van der Waals surface area contributed by atoms with E-state index in [1.165, 1.54) is 4.88 Å². The maximum absolute atomic E-state index is 12.4. The molecule has 2 N–H and O–H groups in total. The van der Waals surface area contributed by atoms with Gasteiger partial charge in [0.2, 0.25) is 0 Å². The lowest BCUT2D eigenvalue weighted by Crippen LogP contribution is -2.28. The first-order chi connectivity index (χ1) is 10.2. The Labute approximate surface area is 129 Å². The van der Waals surface area contributed by atoms with E-state index in [-0.39, 0.29) is 11.9 Å². The fourth-order valence-electron chi connectivity index (χ4n) is 2.15. The number of hydrogen-bond acceptors (Lipinski definition) is 4. The normalized spacial score (nSPS) is 11.9. The Morgan fingerprint density at radius 1 is 1.38 bits per heavy atom. The molecule has 21 heavy (non-hydrogen) atoms. The van der Waals surface area contributed by atoms with Crippen molar-refractivity contribution < 1.29 is 4.79 Å². The van der Waals surface area contributed by atoms with Crippen molar-refractivity contribution in [3.63, 3.8) is 0 Å². The van der Waals surface area contributed by atoms with Gasteiger partial charge in [0, 0.05) is 23.2 Å². The third kappa shape index (κ3) is 4.29. The van der Waals surface area contributed by atoms with E-state index < -0.39 is 0 Å². The number of amides is 1. The topological polar surface area (TPSA) is 54.0 Å². The average molecular weight is 303 g/mol. The van der Waals surface area contributed by atoms with Crippen molar-refractivity contribution in [3.8, 4) is 0 Å². The van der Waals surface area contributed by atoms with E-state index in [0.717, 1.165) is 25.2 Å². The lowest BCUT2D eigenvalue weighted by atomic mass is 10.1. The summed E-state index contributed by atoms with van der Waals surface area (Å²) in [5.74, 6) is 0.678. The summed E-state index contributed by atoms with van der Waals surface area (Å²) in [4.78, 5) is 17.8. The van der Waals surface area contributed by atoms with Crippen LogP contribution in [-0.4, -0.2) is 17.4 Å². The van der Waals surface area contributed by atoms with Gasteiger partial charge in [-0.1, -0.05) is 19.4 Å². The molecule has 0 fully saturated rings. The van der Waals surface area contributed by atoms with Gasteiger partial charge >= 0.3 is 0 Å². The molecule has 0 aliphatic heterocycles. The number of carbonyl (C=O) groups is 1. The minimum absolute atomic E-state index is 0.0524. The highest BCUT2D eigenvalue weighted by molar-refractivity contribution is 7.10. The fraction of sp³-hybridized carbons (Fsp3) is 0.375. The number of nitrogens with one attached hydrogen (secondary N) is 2. The SMILES string of the molecule is CCCC(NC(=O)c1ccnc(NCC)c1)c1cccs1. The molecule has 0 aliphatic carbocycles. The van der Waals surface area contributed by atoms with Gasteiger partial charge in [-0.25, -0.2) is 4.98 Å². The van der Waals surface area contributed by atoms with Crippen LogP contribution < -0.4 is 10.6 Å². The van der Waals surface area contributed by atoms with Crippen LogP contribution in [0.1, 0.15) is 48.0 Å². The molecule has 0 radical (unpaired) electrons. The van der Waals surface area contributed by atoms with Crippen LogP contribution in [0.4, 0.5) is 5.82 Å². The highest BCUT2D eigenvalue weighted by Crippen LogP contribution is 2.23. The predicted octanol–water partition coefficient (Wildman–Crippen LogP) is 3.85. The summed E-state index contributed by atoms with van der Waals surface area (Å²) in [6.45, 7) is 4.91. The van der Waals surface area contributed by atoms with E-state index in [2.05, 4.69) is 28.6 Å². The van der Waals surface area contributed by atoms with Crippen molar-refractivity contribution in [1.29, 1.82) is 0 Å². The summed E-state index contributed by atoms with van der Waals surface area (Å²) in [6, 6.07) is 7.70. The van der Waals surface area contributed by atoms with Crippen LogP contribution in [0.15, 0.2) is 35.8 Å². The second-order valence-electron chi connectivity index (χ2n) is 4.79. The molecule has 0 saturated carbocycles. The Kier molecular flexibility index (Phi) is 5.75. The molecule has 1 amide bonds. The molecule has 0 saturated heterocycles. The molecule has 2 rings (SSSR count). The number of thiophene rings is 1. The standard InChI is InChI=1S/C16H21N3OS/c1-3-6-13(14-7-5-10-21-14)19-16(20)12-8-9-18-15(11-12)17-4-2/h5,7-11,13H,3-4,6H2,1-2H3,(H,17,18)(H,19,20). The van der Waals surface area contributed by atoms with E-state index in [4.69, 9.17) is 0 Å². The number of aromatic nitrogens is 1. The largest absolute Gasteiger partial charge is 0.370 e. The van der Waals surface area contributed by atoms with Crippen LogP contribution in [0.5, 0.6) is 0 Å². The quantitative estimate of drug-likeness (QED) is 0.817. The smallest absolute Gasteiger partial charge is 0.251 e. The zero-order chi connectivity index (χ0) is 15.1. The zero-order valence-corrected chi connectivity index (χ0v) is 13.2. The molecule has 0 aliphatic rings. The van der Waals surface area contributed by atoms with Crippen LogP contribution in [0, 0.1) is 0 Å². The first-order valence-corrected chi connectivity index (χ1v) is 8.16. The number of hydrogen-bond donors (Lipinski definition) is 2. The Balaban J connectivity index is 2.10. The van der Waals surface area contributed by atoms with Gasteiger partial charge < -0.3 is 10.6 Å². The van der Waals surface area contributed by atoms with Crippen LogP contribution in [-0.2, 0) is 0 Å². The first-order valence-electron chi connectivity index (χ1n) is 7.28. The number of pyridine rings is 1. The van der Waals surface area contributed by atoms with Crippen LogP contribution in [0.25, 0.3) is 0 Å². The van der Waals surface area contributed by atoms with Gasteiger partial charge in [0.15, 0.2) is 0 Å². The van der Waals surface area contributed by atoms with Crippen molar-refractivity contribution in [2.75, 3.05) is 11.9 Å². The summed E-state index contributed by atoms with van der Waals surface area (Å²) < 4.78 is 0. The van der Waals surface area contributed by atoms with Crippen LogP contribution in [0.2, 0.25) is 0 Å². The van der Waals surface area contributed by atoms with Gasteiger partial charge in [0.25, 0.3) is 5.91 Å². The molecule has 0 bridgehead atoms. The molecule has 5 heteroatoms. The van der Waals surface area contributed by atoms with E-state index in [9.17, 15) is 4.79 Å². The molecule has 0 aromatic carbocycles. The summed E-state index contributed by atoms with van der Waals surface area (Å²) in [5, 5.41) is 8.28. The third-order valence-electron chi connectivity index (χ3n) is 3.15. The highest BCUT2D eigenvalue weighted by atomic mass is 32.1. The van der Waals surface area contributed by atoms with Crippen LogP contribution in [0.3, 0.4) is 0 Å². The summed E-state index contributed by atoms with van der Waals surface area (Å²) >= 11 is 1.68. The minimum Gasteiger partial charge on any atom is -0.370 e. The zero-order valence-electron chi connectivity index (χ0n) is 12.4. The second kappa shape index (κ2) is 7.78. The molecule has 112 valence electrons. The van der Waals surface area contributed by atoms with Gasteiger partial charge in [-0.15, -0.1) is 11.3 Å². The average Bonchev–Trinajstić information content (AvgIpc) is 3.01. The second-order valence-corrected chi connectivity index (χ2v) is 5.77. The molecular formula is C16H21N3OS. The Morgan fingerprint density at radius 3 is 2.90 bits per heavy atom. The molecule has 1 atom stereocenters. The number of anilines is 1. The molecule has 2 aromatic heterocycles. The molecule has 2 aromatic rings. The summed E-state index contributed by atoms with van der Waals surface area (Å²) in [5.41, 5.74) is 0.638. The highest BCUT2D eigenvalue weighted by Gasteiger charge is 2.16. The van der Waals surface area contributed by atoms with Crippen molar-refractivity contribution in [2.24, 2.45) is 0 Å². The van der Waals surface area contributed by atoms with E-state index in [0.29, 0.717) is 5.56 Å². The van der Waals surface area contributed by atoms with Gasteiger partial charge in [-0.3, -0.25) is 4.79 Å². The summed E-state index contributed by atoms with van der Waals surface area (Å²) in [7, 11) is 0. The van der Waals surface area contributed by atoms with Gasteiger partial charge in [0.1, 0.15) is 5.82 Å². The van der Waals surface area contributed by atoms with E-state index in [1.54, 1.807) is 29.7 Å². The molecule has 2 heterocycles. The van der Waals surface area contributed by atoms with Gasteiger partial charge in [-0.2, -0.15) is 0 Å².